The average Bonchev–Trinajstić information content (AvgIpc) is 2.86. The minimum absolute atomic E-state index is 0.341. The van der Waals surface area contributed by atoms with Gasteiger partial charge in [0.25, 0.3) is 0 Å². The van der Waals surface area contributed by atoms with E-state index in [0.717, 1.165) is 25.1 Å². The van der Waals surface area contributed by atoms with Crippen LogP contribution < -0.4 is 5.32 Å². The summed E-state index contributed by atoms with van der Waals surface area (Å²) in [5.74, 6) is 2.02. The first kappa shape index (κ1) is 15.4. The van der Waals surface area contributed by atoms with Crippen molar-refractivity contribution < 1.29 is 9.26 Å². The lowest BCUT2D eigenvalue weighted by molar-refractivity contribution is -0.0891. The zero-order chi connectivity index (χ0) is 14.6. The zero-order valence-corrected chi connectivity index (χ0v) is 13.1. The fourth-order valence-electron chi connectivity index (χ4n) is 2.98. The molecule has 1 saturated carbocycles. The Hall–Kier alpha value is -0.940. The van der Waals surface area contributed by atoms with Crippen molar-refractivity contribution in [3.63, 3.8) is 0 Å². The first-order chi connectivity index (χ1) is 9.55. The molecule has 0 aliphatic heterocycles. The minimum atomic E-state index is -0.341. The van der Waals surface area contributed by atoms with Crippen molar-refractivity contribution in [2.24, 2.45) is 5.92 Å². The lowest BCUT2D eigenvalue weighted by Crippen LogP contribution is -2.36. The molecule has 1 aromatic heterocycles. The summed E-state index contributed by atoms with van der Waals surface area (Å²) >= 11 is 0. The van der Waals surface area contributed by atoms with Gasteiger partial charge < -0.3 is 14.6 Å². The van der Waals surface area contributed by atoms with Crippen molar-refractivity contribution in [2.45, 2.75) is 71.6 Å². The molecule has 1 aliphatic carbocycles. The Balaban J connectivity index is 2.13. The van der Waals surface area contributed by atoms with E-state index in [2.05, 4.69) is 36.2 Å². The molecule has 2 unspecified atom stereocenters. The van der Waals surface area contributed by atoms with Crippen LogP contribution in [0.5, 0.6) is 0 Å². The summed E-state index contributed by atoms with van der Waals surface area (Å²) in [6.07, 6.45) is 4.39. The van der Waals surface area contributed by atoms with Crippen molar-refractivity contribution in [3.8, 4) is 0 Å². The molecule has 1 aliphatic rings. The van der Waals surface area contributed by atoms with Crippen LogP contribution in [0, 0.1) is 5.92 Å². The minimum Gasteiger partial charge on any atom is -0.367 e. The quantitative estimate of drug-likeness (QED) is 0.868. The van der Waals surface area contributed by atoms with Crippen molar-refractivity contribution in [2.75, 3.05) is 6.61 Å². The molecule has 0 aromatic carbocycles. The Morgan fingerprint density at radius 2 is 2.30 bits per heavy atom. The van der Waals surface area contributed by atoms with E-state index in [9.17, 15) is 0 Å². The van der Waals surface area contributed by atoms with Crippen LogP contribution in [-0.2, 0) is 16.9 Å². The molecular weight excluding hydrogens is 254 g/mol. The van der Waals surface area contributed by atoms with Crippen molar-refractivity contribution in [1.29, 1.82) is 0 Å². The van der Waals surface area contributed by atoms with Crippen molar-refractivity contribution in [3.05, 3.63) is 11.7 Å². The van der Waals surface area contributed by atoms with E-state index in [4.69, 9.17) is 9.26 Å². The lowest BCUT2D eigenvalue weighted by Gasteiger charge is -2.37. The third kappa shape index (κ3) is 3.58. The predicted octanol–water partition coefficient (Wildman–Crippen LogP) is 3.01. The maximum atomic E-state index is 6.06. The summed E-state index contributed by atoms with van der Waals surface area (Å²) in [4.78, 5) is 4.57. The summed E-state index contributed by atoms with van der Waals surface area (Å²) in [7, 11) is 0. The van der Waals surface area contributed by atoms with E-state index >= 15 is 0 Å². The van der Waals surface area contributed by atoms with Crippen LogP contribution in [0.4, 0.5) is 0 Å². The number of aromatic nitrogens is 2. The topological polar surface area (TPSA) is 60.2 Å². The van der Waals surface area contributed by atoms with E-state index < -0.39 is 0 Å². The van der Waals surface area contributed by atoms with Gasteiger partial charge in [-0.15, -0.1) is 0 Å². The normalized spacial score (nSPS) is 27.1. The van der Waals surface area contributed by atoms with Crippen molar-refractivity contribution in [1.82, 2.24) is 15.5 Å². The van der Waals surface area contributed by atoms with E-state index in [-0.39, 0.29) is 5.60 Å². The fourth-order valence-corrected chi connectivity index (χ4v) is 2.98. The molecule has 114 valence electrons. The van der Waals surface area contributed by atoms with E-state index in [1.807, 2.05) is 6.92 Å². The molecule has 20 heavy (non-hydrogen) atoms. The highest BCUT2D eigenvalue weighted by atomic mass is 16.5. The Morgan fingerprint density at radius 1 is 1.50 bits per heavy atom. The van der Waals surface area contributed by atoms with Crippen LogP contribution in [0.3, 0.4) is 0 Å². The number of hydrogen-bond acceptors (Lipinski definition) is 5. The summed E-state index contributed by atoms with van der Waals surface area (Å²) in [5.41, 5.74) is -0.341. The summed E-state index contributed by atoms with van der Waals surface area (Å²) in [6, 6.07) is 0.404. The van der Waals surface area contributed by atoms with Crippen LogP contribution >= 0.6 is 0 Å². The third-order valence-corrected chi connectivity index (χ3v) is 3.91. The largest absolute Gasteiger partial charge is 0.367 e. The van der Waals surface area contributed by atoms with Gasteiger partial charge in [-0.05, 0) is 32.1 Å². The van der Waals surface area contributed by atoms with Crippen LogP contribution in [0.25, 0.3) is 0 Å². The number of rotatable bonds is 6. The zero-order valence-electron chi connectivity index (χ0n) is 13.1. The van der Waals surface area contributed by atoms with Crippen molar-refractivity contribution >= 4 is 0 Å². The maximum Gasteiger partial charge on any atom is 0.240 e. The molecule has 2 rings (SSSR count). The SMILES string of the molecule is CCOC1(c2noc(CNC(C)C)n2)CCCC(C)C1. The Labute approximate surface area is 121 Å². The lowest BCUT2D eigenvalue weighted by atomic mass is 9.78. The van der Waals surface area contributed by atoms with Gasteiger partial charge in [-0.1, -0.05) is 32.3 Å². The van der Waals surface area contributed by atoms with E-state index in [1.54, 1.807) is 0 Å². The van der Waals surface area contributed by atoms with E-state index in [0.29, 0.717) is 31.0 Å². The first-order valence-electron chi connectivity index (χ1n) is 7.76. The molecule has 5 heteroatoms. The second-order valence-electron chi connectivity index (χ2n) is 6.18. The van der Waals surface area contributed by atoms with Gasteiger partial charge in [0.1, 0.15) is 5.60 Å². The number of nitrogens with zero attached hydrogens (tertiary/aromatic N) is 2. The third-order valence-electron chi connectivity index (χ3n) is 3.91. The van der Waals surface area contributed by atoms with Crippen LogP contribution in [-0.4, -0.2) is 22.8 Å². The fraction of sp³-hybridized carbons (Fsp3) is 0.867. The first-order valence-corrected chi connectivity index (χ1v) is 7.76. The monoisotopic (exact) mass is 281 g/mol. The van der Waals surface area contributed by atoms with Gasteiger partial charge in [0.05, 0.1) is 6.54 Å². The number of hydrogen-bond donors (Lipinski definition) is 1. The average molecular weight is 281 g/mol. The highest BCUT2D eigenvalue weighted by molar-refractivity contribution is 5.04. The molecule has 1 aromatic rings. The summed E-state index contributed by atoms with van der Waals surface area (Å²) < 4.78 is 11.4. The molecule has 5 nitrogen and oxygen atoms in total. The van der Waals surface area contributed by atoms with Gasteiger partial charge in [-0.25, -0.2) is 0 Å². The number of ether oxygens (including phenoxy) is 1. The molecule has 0 bridgehead atoms. The molecule has 0 spiro atoms. The van der Waals surface area contributed by atoms with Gasteiger partial charge in [-0.3, -0.25) is 0 Å². The molecule has 0 saturated heterocycles. The van der Waals surface area contributed by atoms with Gasteiger partial charge in [0.15, 0.2) is 0 Å². The number of nitrogens with one attached hydrogen (secondary N) is 1. The van der Waals surface area contributed by atoms with Crippen LogP contribution in [0.15, 0.2) is 4.52 Å². The molecule has 1 heterocycles. The highest BCUT2D eigenvalue weighted by Gasteiger charge is 2.41. The van der Waals surface area contributed by atoms with Gasteiger partial charge >= 0.3 is 0 Å². The molecule has 2 atom stereocenters. The van der Waals surface area contributed by atoms with E-state index in [1.165, 1.54) is 6.42 Å². The maximum absolute atomic E-state index is 6.06. The second kappa shape index (κ2) is 6.68. The van der Waals surface area contributed by atoms with Gasteiger partial charge in [0, 0.05) is 12.6 Å². The van der Waals surface area contributed by atoms with Gasteiger partial charge in [-0.2, -0.15) is 4.98 Å². The highest BCUT2D eigenvalue weighted by Crippen LogP contribution is 2.41. The Bertz CT molecular complexity index is 415. The van der Waals surface area contributed by atoms with Crippen LogP contribution in [0.1, 0.15) is 65.1 Å². The van der Waals surface area contributed by atoms with Gasteiger partial charge in [0.2, 0.25) is 11.7 Å². The predicted molar refractivity (Wildman–Crippen MR) is 77.2 cm³/mol. The standard InChI is InChI=1S/C15H27N3O2/c1-5-19-15(8-6-7-12(4)9-15)14-17-13(20-18-14)10-16-11(2)3/h11-12,16H,5-10H2,1-4H3. The Morgan fingerprint density at radius 3 is 2.95 bits per heavy atom. The second-order valence-corrected chi connectivity index (χ2v) is 6.18. The molecule has 1 N–H and O–H groups in total. The van der Waals surface area contributed by atoms with Crippen LogP contribution in [0.2, 0.25) is 0 Å². The summed E-state index contributed by atoms with van der Waals surface area (Å²) in [5, 5.41) is 7.49. The smallest absolute Gasteiger partial charge is 0.240 e. The Kier molecular flexibility index (Phi) is 5.16. The molecule has 0 radical (unpaired) electrons. The molecule has 0 amide bonds. The summed E-state index contributed by atoms with van der Waals surface area (Å²) in [6.45, 7) is 9.80. The molecular formula is C15H27N3O2. The molecule has 1 fully saturated rings.